The highest BCUT2D eigenvalue weighted by atomic mass is 16.5. The van der Waals surface area contributed by atoms with Crippen molar-refractivity contribution in [2.24, 2.45) is 0 Å². The Bertz CT molecular complexity index is 757. The van der Waals surface area contributed by atoms with Crippen LogP contribution in [0, 0.1) is 6.92 Å². The molecule has 8 heteroatoms. The average molecular weight is 344 g/mol. The molecule has 3 rings (SSSR count). The molecule has 3 heterocycles. The number of rotatable bonds is 4. The molecule has 0 aromatic carbocycles. The largest absolute Gasteiger partial charge is 0.377 e. The van der Waals surface area contributed by atoms with E-state index >= 15 is 0 Å². The van der Waals surface area contributed by atoms with Gasteiger partial charge in [-0.2, -0.15) is 5.10 Å². The average Bonchev–Trinajstić information content (AvgIpc) is 3.10. The number of amides is 1. The van der Waals surface area contributed by atoms with Gasteiger partial charge >= 0.3 is 0 Å². The lowest BCUT2D eigenvalue weighted by Gasteiger charge is -2.35. The first-order chi connectivity index (χ1) is 12.0. The van der Waals surface area contributed by atoms with Crippen molar-refractivity contribution < 1.29 is 9.53 Å². The number of carbonyl (C=O) groups is 1. The number of hydrogen-bond acceptors (Lipinski definition) is 6. The lowest BCUT2D eigenvalue weighted by Crippen LogP contribution is -2.45. The number of carbonyl (C=O) groups excluding carboxylic acids is 1. The first kappa shape index (κ1) is 17.3. The van der Waals surface area contributed by atoms with E-state index < -0.39 is 0 Å². The highest BCUT2D eigenvalue weighted by Crippen LogP contribution is 2.25. The summed E-state index contributed by atoms with van der Waals surface area (Å²) < 4.78 is 7.35. The van der Waals surface area contributed by atoms with E-state index in [2.05, 4.69) is 20.4 Å². The van der Waals surface area contributed by atoms with Crippen LogP contribution in [0.25, 0.3) is 0 Å². The van der Waals surface area contributed by atoms with Gasteiger partial charge in [0, 0.05) is 37.6 Å². The van der Waals surface area contributed by atoms with E-state index in [4.69, 9.17) is 4.74 Å². The fourth-order valence-electron chi connectivity index (χ4n) is 2.97. The Morgan fingerprint density at radius 1 is 1.40 bits per heavy atom. The molecule has 1 aliphatic heterocycles. The Morgan fingerprint density at radius 3 is 2.92 bits per heavy atom. The van der Waals surface area contributed by atoms with Gasteiger partial charge in [-0.25, -0.2) is 9.97 Å². The van der Waals surface area contributed by atoms with Gasteiger partial charge in [0.2, 0.25) is 0 Å². The number of anilines is 1. The molecule has 1 fully saturated rings. The van der Waals surface area contributed by atoms with Crippen LogP contribution in [-0.4, -0.2) is 57.4 Å². The van der Waals surface area contributed by atoms with Gasteiger partial charge in [-0.15, -0.1) is 0 Å². The first-order valence-electron chi connectivity index (χ1n) is 8.46. The molecular weight excluding hydrogens is 320 g/mol. The van der Waals surface area contributed by atoms with Gasteiger partial charge in [-0.1, -0.05) is 0 Å². The molecule has 25 heavy (non-hydrogen) atoms. The van der Waals surface area contributed by atoms with Crippen LogP contribution in [-0.2, 0) is 4.74 Å². The van der Waals surface area contributed by atoms with E-state index in [-0.39, 0.29) is 18.0 Å². The predicted octanol–water partition coefficient (Wildman–Crippen LogP) is 1.82. The van der Waals surface area contributed by atoms with Gasteiger partial charge in [0.15, 0.2) is 5.82 Å². The van der Waals surface area contributed by atoms with Gasteiger partial charge in [-0.05, 0) is 26.8 Å². The van der Waals surface area contributed by atoms with Gasteiger partial charge in [0.25, 0.3) is 5.91 Å². The summed E-state index contributed by atoms with van der Waals surface area (Å²) in [4.78, 5) is 24.0. The second kappa shape index (κ2) is 7.18. The van der Waals surface area contributed by atoms with E-state index in [1.165, 1.54) is 0 Å². The van der Waals surface area contributed by atoms with Gasteiger partial charge in [0.1, 0.15) is 17.6 Å². The summed E-state index contributed by atoms with van der Waals surface area (Å²) in [6.07, 6.45) is 1.66. The summed E-state index contributed by atoms with van der Waals surface area (Å²) in [5, 5.41) is 7.30. The number of aromatic nitrogens is 4. The third-order valence-electron chi connectivity index (χ3n) is 4.19. The summed E-state index contributed by atoms with van der Waals surface area (Å²) in [7, 11) is 1.81. The van der Waals surface area contributed by atoms with Crippen LogP contribution in [0.5, 0.6) is 0 Å². The summed E-state index contributed by atoms with van der Waals surface area (Å²) in [6, 6.07) is 3.42. The van der Waals surface area contributed by atoms with Crippen molar-refractivity contribution in [1.29, 1.82) is 0 Å². The minimum atomic E-state index is -0.316. The molecule has 1 saturated heterocycles. The summed E-state index contributed by atoms with van der Waals surface area (Å²) in [6.45, 7) is 7.30. The molecule has 2 aromatic rings. The maximum atomic E-state index is 13.1. The van der Waals surface area contributed by atoms with Gasteiger partial charge in [0.05, 0.1) is 13.2 Å². The number of hydrogen-bond donors (Lipinski definition) is 1. The van der Waals surface area contributed by atoms with Gasteiger partial charge < -0.3 is 15.0 Å². The third kappa shape index (κ3) is 3.48. The molecular formula is C17H24N6O2. The Labute approximate surface area is 147 Å². The van der Waals surface area contributed by atoms with Crippen LogP contribution in [0.4, 0.5) is 5.82 Å². The van der Waals surface area contributed by atoms with E-state index in [1.807, 2.05) is 33.9 Å². The third-order valence-corrected chi connectivity index (χ3v) is 4.19. The van der Waals surface area contributed by atoms with Crippen LogP contribution in [0.2, 0.25) is 0 Å². The Kier molecular flexibility index (Phi) is 4.98. The molecule has 0 bridgehead atoms. The fraction of sp³-hybridized carbons (Fsp3) is 0.529. The summed E-state index contributed by atoms with van der Waals surface area (Å²) in [5.41, 5.74) is 1.42. The topological polar surface area (TPSA) is 85.2 Å². The highest BCUT2D eigenvalue weighted by Gasteiger charge is 2.33. The quantitative estimate of drug-likeness (QED) is 0.911. The van der Waals surface area contributed by atoms with Crippen molar-refractivity contribution in [2.45, 2.75) is 32.9 Å². The molecule has 1 N–H and O–H groups in total. The molecule has 0 radical (unpaired) electrons. The predicted molar refractivity (Wildman–Crippen MR) is 93.5 cm³/mol. The van der Waals surface area contributed by atoms with E-state index in [0.29, 0.717) is 31.3 Å². The van der Waals surface area contributed by atoms with Crippen LogP contribution in [0.15, 0.2) is 18.3 Å². The van der Waals surface area contributed by atoms with Crippen molar-refractivity contribution >= 4 is 11.7 Å². The number of ether oxygens (including phenoxy) is 1. The zero-order chi connectivity index (χ0) is 18.0. The fourth-order valence-corrected chi connectivity index (χ4v) is 2.97. The minimum Gasteiger partial charge on any atom is -0.377 e. The monoisotopic (exact) mass is 344 g/mol. The van der Waals surface area contributed by atoms with E-state index in [9.17, 15) is 4.79 Å². The smallest absolute Gasteiger partial charge is 0.272 e. The zero-order valence-corrected chi connectivity index (χ0v) is 15.1. The van der Waals surface area contributed by atoms with Crippen molar-refractivity contribution in [3.8, 4) is 0 Å². The van der Waals surface area contributed by atoms with Crippen molar-refractivity contribution in [2.75, 3.05) is 32.1 Å². The molecule has 1 atom stereocenters. The summed E-state index contributed by atoms with van der Waals surface area (Å²) in [5.74, 6) is 1.25. The second-order valence-electron chi connectivity index (χ2n) is 6.35. The standard InChI is InChI=1S/C17H24N6O2/c1-11(2)23-13(5-6-19-23)17(24)22-7-8-25-10-14(22)16-20-12(3)9-15(18-4)21-16/h5-6,9,11,14H,7-8,10H2,1-4H3,(H,18,20,21). The van der Waals surface area contributed by atoms with Crippen LogP contribution in [0.3, 0.4) is 0 Å². The molecule has 1 unspecified atom stereocenters. The lowest BCUT2D eigenvalue weighted by atomic mass is 10.1. The van der Waals surface area contributed by atoms with Crippen molar-refractivity contribution in [1.82, 2.24) is 24.6 Å². The van der Waals surface area contributed by atoms with Gasteiger partial charge in [-0.3, -0.25) is 9.48 Å². The molecule has 2 aromatic heterocycles. The van der Waals surface area contributed by atoms with Crippen LogP contribution in [0.1, 0.15) is 47.9 Å². The van der Waals surface area contributed by atoms with E-state index in [0.717, 1.165) is 11.5 Å². The normalized spacial score (nSPS) is 17.8. The maximum absolute atomic E-state index is 13.1. The molecule has 8 nitrogen and oxygen atoms in total. The Balaban J connectivity index is 1.95. The highest BCUT2D eigenvalue weighted by molar-refractivity contribution is 5.93. The van der Waals surface area contributed by atoms with E-state index in [1.54, 1.807) is 21.8 Å². The number of nitrogens with one attached hydrogen (secondary N) is 1. The maximum Gasteiger partial charge on any atom is 0.272 e. The second-order valence-corrected chi connectivity index (χ2v) is 6.35. The number of nitrogens with zero attached hydrogens (tertiary/aromatic N) is 5. The summed E-state index contributed by atoms with van der Waals surface area (Å²) >= 11 is 0. The van der Waals surface area contributed by atoms with Crippen molar-refractivity contribution in [3.05, 3.63) is 35.5 Å². The SMILES string of the molecule is CNc1cc(C)nc(C2COCCN2C(=O)c2ccnn2C(C)C)n1. The molecule has 0 saturated carbocycles. The van der Waals surface area contributed by atoms with Crippen LogP contribution < -0.4 is 5.32 Å². The molecule has 0 aliphatic carbocycles. The Hall–Kier alpha value is -2.48. The molecule has 1 amide bonds. The lowest BCUT2D eigenvalue weighted by molar-refractivity contribution is -0.00592. The number of aryl methyl sites for hydroxylation is 1. The first-order valence-corrected chi connectivity index (χ1v) is 8.46. The zero-order valence-electron chi connectivity index (χ0n) is 15.1. The Morgan fingerprint density at radius 2 is 2.20 bits per heavy atom. The van der Waals surface area contributed by atoms with Crippen LogP contribution >= 0.6 is 0 Å². The molecule has 1 aliphatic rings. The molecule has 134 valence electrons. The van der Waals surface area contributed by atoms with Crippen molar-refractivity contribution in [3.63, 3.8) is 0 Å². The minimum absolute atomic E-state index is 0.0735. The molecule has 0 spiro atoms. The number of morpholine rings is 1.